The summed E-state index contributed by atoms with van der Waals surface area (Å²) in [6.07, 6.45) is 5.51. The van der Waals surface area contributed by atoms with E-state index < -0.39 is 21.4 Å². The molecule has 0 amide bonds. The van der Waals surface area contributed by atoms with E-state index in [-0.39, 0.29) is 18.2 Å². The van der Waals surface area contributed by atoms with Crippen LogP contribution < -0.4 is 0 Å². The molecule has 1 heterocycles. The van der Waals surface area contributed by atoms with Gasteiger partial charge in [-0.1, -0.05) is 12.8 Å². The van der Waals surface area contributed by atoms with E-state index in [0.717, 1.165) is 32.1 Å². The number of sulfonamides is 1. The van der Waals surface area contributed by atoms with Gasteiger partial charge >= 0.3 is 5.97 Å². The van der Waals surface area contributed by atoms with E-state index in [0.29, 0.717) is 18.9 Å². The summed E-state index contributed by atoms with van der Waals surface area (Å²) >= 11 is 0. The van der Waals surface area contributed by atoms with E-state index in [1.807, 2.05) is 0 Å². The molecule has 1 N–H and O–H groups in total. The van der Waals surface area contributed by atoms with Crippen molar-refractivity contribution in [3.8, 4) is 0 Å². The minimum absolute atomic E-state index is 0.0150. The fourth-order valence-electron chi connectivity index (χ4n) is 3.87. The number of fused-ring (bicyclic) bond motifs is 1. The van der Waals surface area contributed by atoms with E-state index in [4.69, 9.17) is 0 Å². The van der Waals surface area contributed by atoms with Crippen LogP contribution in [0.3, 0.4) is 0 Å². The van der Waals surface area contributed by atoms with Gasteiger partial charge in [-0.25, -0.2) is 12.7 Å². The first-order valence-electron chi connectivity index (χ1n) is 7.15. The van der Waals surface area contributed by atoms with Crippen molar-refractivity contribution in [2.45, 2.75) is 38.5 Å². The molecular weight excluding hydrogens is 266 g/mol. The zero-order valence-corrected chi connectivity index (χ0v) is 11.9. The van der Waals surface area contributed by atoms with Gasteiger partial charge in [0.1, 0.15) is 0 Å². The molecular formula is C13H21NO4S. The number of rotatable bonds is 4. The predicted octanol–water partition coefficient (Wildman–Crippen LogP) is 1.30. The lowest BCUT2D eigenvalue weighted by atomic mass is 9.81. The van der Waals surface area contributed by atoms with Gasteiger partial charge in [0.15, 0.2) is 0 Å². The number of aliphatic carboxylic acids is 1. The highest BCUT2D eigenvalue weighted by Crippen LogP contribution is 2.49. The standard InChI is InChI=1S/C13H21NO4S/c15-12(16)13-6-2-5-11(13)7-14(9-13)19(17,18)8-10-3-1-4-10/h10-11H,1-9H2,(H,15,16)/t11-,13+/m0/s1. The van der Waals surface area contributed by atoms with E-state index in [1.54, 1.807) is 0 Å². The van der Waals surface area contributed by atoms with E-state index in [2.05, 4.69) is 0 Å². The van der Waals surface area contributed by atoms with Crippen LogP contribution in [-0.2, 0) is 14.8 Å². The Kier molecular flexibility index (Phi) is 3.13. The third kappa shape index (κ3) is 2.09. The van der Waals surface area contributed by atoms with Gasteiger partial charge in [0.25, 0.3) is 0 Å². The smallest absolute Gasteiger partial charge is 0.311 e. The van der Waals surface area contributed by atoms with Crippen LogP contribution in [0.1, 0.15) is 38.5 Å². The monoisotopic (exact) mass is 287 g/mol. The van der Waals surface area contributed by atoms with Crippen LogP contribution in [0.25, 0.3) is 0 Å². The lowest BCUT2D eigenvalue weighted by Crippen LogP contribution is -2.39. The summed E-state index contributed by atoms with van der Waals surface area (Å²) in [5.74, 6) is -0.279. The second-order valence-electron chi connectivity index (χ2n) is 6.42. The zero-order valence-electron chi connectivity index (χ0n) is 11.0. The van der Waals surface area contributed by atoms with Crippen molar-refractivity contribution in [2.24, 2.45) is 17.3 Å². The molecule has 19 heavy (non-hydrogen) atoms. The van der Waals surface area contributed by atoms with Crippen molar-refractivity contribution in [1.82, 2.24) is 4.31 Å². The van der Waals surface area contributed by atoms with Crippen LogP contribution >= 0.6 is 0 Å². The second-order valence-corrected chi connectivity index (χ2v) is 8.43. The fraction of sp³-hybridized carbons (Fsp3) is 0.923. The Labute approximate surface area is 114 Å². The molecule has 0 aromatic rings. The van der Waals surface area contributed by atoms with Gasteiger partial charge < -0.3 is 5.11 Å². The highest BCUT2D eigenvalue weighted by Gasteiger charge is 2.57. The molecule has 3 fully saturated rings. The van der Waals surface area contributed by atoms with Crippen molar-refractivity contribution < 1.29 is 18.3 Å². The summed E-state index contributed by atoms with van der Waals surface area (Å²) in [5, 5.41) is 9.48. The van der Waals surface area contributed by atoms with Crippen LogP contribution in [0.2, 0.25) is 0 Å². The van der Waals surface area contributed by atoms with Crippen LogP contribution in [0.4, 0.5) is 0 Å². The molecule has 2 aliphatic carbocycles. The highest BCUT2D eigenvalue weighted by atomic mass is 32.2. The van der Waals surface area contributed by atoms with Gasteiger partial charge in [0.05, 0.1) is 11.2 Å². The largest absolute Gasteiger partial charge is 0.481 e. The average molecular weight is 287 g/mol. The number of carbonyl (C=O) groups is 1. The SMILES string of the molecule is O=C(O)[C@@]12CCC[C@H]1CN(S(=O)(=O)CC1CCC1)C2. The summed E-state index contributed by atoms with van der Waals surface area (Å²) < 4.78 is 26.2. The predicted molar refractivity (Wildman–Crippen MR) is 70.1 cm³/mol. The third-order valence-corrected chi connectivity index (χ3v) is 7.29. The highest BCUT2D eigenvalue weighted by molar-refractivity contribution is 7.89. The number of hydrogen-bond donors (Lipinski definition) is 1. The molecule has 0 bridgehead atoms. The molecule has 0 radical (unpaired) electrons. The molecule has 0 aromatic carbocycles. The Morgan fingerprint density at radius 1 is 1.26 bits per heavy atom. The first kappa shape index (κ1) is 13.4. The van der Waals surface area contributed by atoms with E-state index >= 15 is 0 Å². The quantitative estimate of drug-likeness (QED) is 0.846. The lowest BCUT2D eigenvalue weighted by Gasteiger charge is -2.28. The Bertz CT molecular complexity index is 485. The molecule has 0 unspecified atom stereocenters. The maximum absolute atomic E-state index is 12.4. The second kappa shape index (κ2) is 4.45. The first-order valence-corrected chi connectivity index (χ1v) is 8.76. The van der Waals surface area contributed by atoms with E-state index in [9.17, 15) is 18.3 Å². The van der Waals surface area contributed by atoms with Crippen molar-refractivity contribution in [2.75, 3.05) is 18.8 Å². The number of carboxylic acid groups (broad SMARTS) is 1. The molecule has 1 aliphatic heterocycles. The molecule has 3 aliphatic rings. The van der Waals surface area contributed by atoms with Gasteiger partial charge in [0.2, 0.25) is 10.0 Å². The third-order valence-electron chi connectivity index (χ3n) is 5.33. The molecule has 5 nitrogen and oxygen atoms in total. The van der Waals surface area contributed by atoms with Crippen LogP contribution in [0.15, 0.2) is 0 Å². The Morgan fingerprint density at radius 2 is 2.00 bits per heavy atom. The Balaban J connectivity index is 1.75. The maximum atomic E-state index is 12.4. The zero-order chi connectivity index (χ0) is 13.7. The van der Waals surface area contributed by atoms with Gasteiger partial charge in [0, 0.05) is 13.1 Å². The van der Waals surface area contributed by atoms with Crippen molar-refractivity contribution in [3.63, 3.8) is 0 Å². The summed E-state index contributed by atoms with van der Waals surface area (Å²) in [6, 6.07) is 0. The van der Waals surface area contributed by atoms with Crippen molar-refractivity contribution in [3.05, 3.63) is 0 Å². The number of carboxylic acids is 1. The molecule has 0 aromatic heterocycles. The minimum Gasteiger partial charge on any atom is -0.481 e. The summed E-state index contributed by atoms with van der Waals surface area (Å²) in [7, 11) is -3.26. The maximum Gasteiger partial charge on any atom is 0.311 e. The lowest BCUT2D eigenvalue weighted by molar-refractivity contribution is -0.149. The molecule has 108 valence electrons. The number of nitrogens with zero attached hydrogens (tertiary/aromatic N) is 1. The fourth-order valence-corrected chi connectivity index (χ4v) is 5.84. The topological polar surface area (TPSA) is 74.7 Å². The molecule has 1 saturated heterocycles. The number of hydrogen-bond acceptors (Lipinski definition) is 3. The van der Waals surface area contributed by atoms with Crippen molar-refractivity contribution in [1.29, 1.82) is 0 Å². The van der Waals surface area contributed by atoms with Gasteiger partial charge in [-0.05, 0) is 37.5 Å². The van der Waals surface area contributed by atoms with Gasteiger partial charge in [-0.3, -0.25) is 4.79 Å². The Hall–Kier alpha value is -0.620. The molecule has 3 rings (SSSR count). The van der Waals surface area contributed by atoms with Crippen LogP contribution in [0.5, 0.6) is 0 Å². The molecule has 0 spiro atoms. The first-order chi connectivity index (χ1) is 8.94. The molecule has 6 heteroatoms. The summed E-state index contributed by atoms with van der Waals surface area (Å²) in [6.45, 7) is 0.614. The van der Waals surface area contributed by atoms with Gasteiger partial charge in [-0.15, -0.1) is 0 Å². The Morgan fingerprint density at radius 3 is 2.53 bits per heavy atom. The normalized spacial score (nSPS) is 36.1. The average Bonchev–Trinajstić information content (AvgIpc) is 2.80. The summed E-state index contributed by atoms with van der Waals surface area (Å²) in [5.41, 5.74) is -0.799. The molecule has 2 atom stereocenters. The molecule has 2 saturated carbocycles. The van der Waals surface area contributed by atoms with Gasteiger partial charge in [-0.2, -0.15) is 0 Å². The summed E-state index contributed by atoms with van der Waals surface area (Å²) in [4.78, 5) is 11.5. The van der Waals surface area contributed by atoms with E-state index in [1.165, 1.54) is 4.31 Å². The van der Waals surface area contributed by atoms with Crippen molar-refractivity contribution >= 4 is 16.0 Å². The minimum atomic E-state index is -3.26. The van der Waals surface area contributed by atoms with Crippen LogP contribution in [0, 0.1) is 17.3 Å². The van der Waals surface area contributed by atoms with Crippen LogP contribution in [-0.4, -0.2) is 42.6 Å².